The Kier molecular flexibility index (Phi) is 5.90. The van der Waals surface area contributed by atoms with Crippen molar-refractivity contribution in [3.63, 3.8) is 0 Å². The van der Waals surface area contributed by atoms with E-state index in [1.54, 1.807) is 24.3 Å². The van der Waals surface area contributed by atoms with Gasteiger partial charge in [0.05, 0.1) is 25.4 Å². The minimum absolute atomic E-state index is 0.185. The number of benzene rings is 2. The zero-order valence-electron chi connectivity index (χ0n) is 14.1. The van der Waals surface area contributed by atoms with Gasteiger partial charge >= 0.3 is 0 Å². The van der Waals surface area contributed by atoms with Crippen molar-refractivity contribution < 1.29 is 13.2 Å². The molecule has 3 rings (SSSR count). The van der Waals surface area contributed by atoms with Gasteiger partial charge in [-0.15, -0.1) is 0 Å². The van der Waals surface area contributed by atoms with Crippen molar-refractivity contribution in [2.24, 2.45) is 0 Å². The molecule has 0 aliphatic rings. The van der Waals surface area contributed by atoms with Crippen molar-refractivity contribution in [1.82, 2.24) is 10.4 Å². The molecule has 0 radical (unpaired) electrons. The quantitative estimate of drug-likeness (QED) is 0.556. The van der Waals surface area contributed by atoms with Crippen molar-refractivity contribution >= 4 is 65.6 Å². The molecule has 0 unspecified atom stereocenters. The molecule has 142 valence electrons. The Labute approximate surface area is 170 Å². The number of nitrogens with zero attached hydrogens (tertiary/aromatic N) is 1. The van der Waals surface area contributed by atoms with Gasteiger partial charge in [-0.2, -0.15) is 0 Å². The summed E-state index contributed by atoms with van der Waals surface area (Å²) in [5.74, 6) is -0.761. The predicted molar refractivity (Wildman–Crippen MR) is 109 cm³/mol. The average molecular weight is 444 g/mol. The second kappa shape index (κ2) is 8.02. The molecular weight excluding hydrogens is 429 g/mol. The number of carbonyl (C=O) groups is 1. The van der Waals surface area contributed by atoms with E-state index in [-0.39, 0.29) is 17.1 Å². The molecule has 2 N–H and O–H groups in total. The predicted octanol–water partition coefficient (Wildman–Crippen LogP) is 4.22. The van der Waals surface area contributed by atoms with Gasteiger partial charge in [0.1, 0.15) is 5.52 Å². The molecule has 0 fully saturated rings. The molecule has 0 spiro atoms. The lowest BCUT2D eigenvalue weighted by molar-refractivity contribution is -0.120. The number of nitrogens with one attached hydrogen (secondary N) is 2. The second-order valence-electron chi connectivity index (χ2n) is 5.78. The van der Waals surface area contributed by atoms with E-state index in [4.69, 9.17) is 23.2 Å². The van der Waals surface area contributed by atoms with Gasteiger partial charge in [-0.3, -0.25) is 15.6 Å². The third-order valence-corrected chi connectivity index (χ3v) is 7.20. The van der Waals surface area contributed by atoms with Crippen molar-refractivity contribution in [3.05, 3.63) is 52.0 Å². The zero-order valence-corrected chi connectivity index (χ0v) is 17.3. The smallest absolute Gasteiger partial charge is 0.239 e. The van der Waals surface area contributed by atoms with Crippen LogP contribution in [-0.2, 0) is 14.6 Å². The van der Waals surface area contributed by atoms with Crippen molar-refractivity contribution in [2.45, 2.75) is 18.2 Å². The summed E-state index contributed by atoms with van der Waals surface area (Å²) >= 11 is 13.4. The summed E-state index contributed by atoms with van der Waals surface area (Å²) in [6.45, 7) is 1.87. The molecule has 10 heteroatoms. The number of aromatic nitrogens is 1. The van der Waals surface area contributed by atoms with Crippen molar-refractivity contribution in [3.8, 4) is 0 Å². The summed E-state index contributed by atoms with van der Waals surface area (Å²) < 4.78 is 25.2. The molecule has 1 heterocycles. The first kappa shape index (κ1) is 19.9. The van der Waals surface area contributed by atoms with Gasteiger partial charge in [0, 0.05) is 6.42 Å². The third-order valence-electron chi connectivity index (χ3n) is 3.73. The number of carbonyl (C=O) groups excluding carboxylic acids is 1. The molecular formula is C17H15Cl2N3O3S2. The number of amides is 1. The van der Waals surface area contributed by atoms with Gasteiger partial charge in [-0.05, 0) is 31.2 Å². The van der Waals surface area contributed by atoms with Crippen LogP contribution in [0.3, 0.4) is 0 Å². The number of hydrazine groups is 1. The maximum Gasteiger partial charge on any atom is 0.239 e. The molecule has 0 aliphatic heterocycles. The number of anilines is 1. The minimum Gasteiger partial charge on any atom is -0.273 e. The zero-order chi connectivity index (χ0) is 19.6. The van der Waals surface area contributed by atoms with E-state index < -0.39 is 15.7 Å². The fraction of sp³-hybridized carbons (Fsp3) is 0.176. The number of fused-ring (bicyclic) bond motifs is 1. The SMILES string of the molecule is Cc1ccc(S(=O)(=O)CCC(=O)NNc2nc3c(Cl)ccc(Cl)c3s2)cc1. The Morgan fingerprint density at radius 1 is 1.11 bits per heavy atom. The lowest BCUT2D eigenvalue weighted by atomic mass is 10.2. The van der Waals surface area contributed by atoms with E-state index in [1.165, 1.54) is 23.5 Å². The number of hydrogen-bond acceptors (Lipinski definition) is 6. The monoisotopic (exact) mass is 443 g/mol. The van der Waals surface area contributed by atoms with Crippen LogP contribution in [0.1, 0.15) is 12.0 Å². The average Bonchev–Trinajstić information content (AvgIpc) is 3.07. The van der Waals surface area contributed by atoms with E-state index >= 15 is 0 Å². The summed E-state index contributed by atoms with van der Waals surface area (Å²) in [4.78, 5) is 16.5. The summed E-state index contributed by atoms with van der Waals surface area (Å²) in [6.07, 6.45) is -0.185. The minimum atomic E-state index is -3.52. The van der Waals surface area contributed by atoms with Crippen LogP contribution in [0.25, 0.3) is 10.2 Å². The number of rotatable bonds is 6. The highest BCUT2D eigenvalue weighted by Crippen LogP contribution is 2.35. The van der Waals surface area contributed by atoms with Crippen LogP contribution in [0.5, 0.6) is 0 Å². The van der Waals surface area contributed by atoms with E-state index in [2.05, 4.69) is 15.8 Å². The Bertz CT molecular complexity index is 1060. The van der Waals surface area contributed by atoms with Crippen LogP contribution in [0.4, 0.5) is 5.13 Å². The van der Waals surface area contributed by atoms with Gasteiger partial charge in [0.15, 0.2) is 9.84 Å². The van der Waals surface area contributed by atoms with Crippen LogP contribution >= 0.6 is 34.5 Å². The van der Waals surface area contributed by atoms with Crippen molar-refractivity contribution in [1.29, 1.82) is 0 Å². The highest BCUT2D eigenvalue weighted by molar-refractivity contribution is 7.91. The molecule has 1 aromatic heterocycles. The molecule has 27 heavy (non-hydrogen) atoms. The maximum absolute atomic E-state index is 12.3. The van der Waals surface area contributed by atoms with E-state index in [0.717, 1.165) is 5.56 Å². The Morgan fingerprint density at radius 3 is 2.44 bits per heavy atom. The molecule has 0 aliphatic carbocycles. The number of hydrogen-bond donors (Lipinski definition) is 2. The highest BCUT2D eigenvalue weighted by Gasteiger charge is 2.17. The van der Waals surface area contributed by atoms with Gasteiger partial charge < -0.3 is 0 Å². The highest BCUT2D eigenvalue weighted by atomic mass is 35.5. The lowest BCUT2D eigenvalue weighted by Gasteiger charge is -2.07. The molecule has 0 saturated heterocycles. The molecule has 2 aromatic carbocycles. The van der Waals surface area contributed by atoms with Crippen molar-refractivity contribution in [2.75, 3.05) is 11.2 Å². The van der Waals surface area contributed by atoms with Crippen LogP contribution in [-0.4, -0.2) is 25.1 Å². The molecule has 6 nitrogen and oxygen atoms in total. The van der Waals surface area contributed by atoms with Gasteiger partial charge in [0.2, 0.25) is 11.0 Å². The Hall–Kier alpha value is -1.87. The second-order valence-corrected chi connectivity index (χ2v) is 9.70. The number of sulfone groups is 1. The standard InChI is InChI=1S/C17H15Cl2N3O3S2/c1-10-2-4-11(5-3-10)27(24,25)9-8-14(23)21-22-17-20-15-12(18)6-7-13(19)16(15)26-17/h2-7H,8-9H2,1H3,(H,20,22)(H,21,23). The number of halogens is 2. The first-order valence-corrected chi connectivity index (χ1v) is 11.1. The van der Waals surface area contributed by atoms with Gasteiger partial charge in [-0.25, -0.2) is 13.4 Å². The third kappa shape index (κ3) is 4.70. The van der Waals surface area contributed by atoms with E-state index in [1.807, 2.05) is 6.92 Å². The van der Waals surface area contributed by atoms with Gasteiger partial charge in [0.25, 0.3) is 0 Å². The largest absolute Gasteiger partial charge is 0.273 e. The Balaban J connectivity index is 1.59. The first-order valence-electron chi connectivity index (χ1n) is 7.85. The molecule has 3 aromatic rings. The van der Waals surface area contributed by atoms with Crippen LogP contribution in [0.15, 0.2) is 41.3 Å². The Morgan fingerprint density at radius 2 is 1.78 bits per heavy atom. The topological polar surface area (TPSA) is 88.2 Å². The summed E-state index contributed by atoms with van der Waals surface area (Å²) in [5, 5.41) is 1.36. The molecule has 0 saturated carbocycles. The molecule has 0 bridgehead atoms. The van der Waals surface area contributed by atoms with Crippen LogP contribution in [0.2, 0.25) is 10.0 Å². The van der Waals surface area contributed by atoms with Crippen LogP contribution in [0, 0.1) is 6.92 Å². The lowest BCUT2D eigenvalue weighted by Crippen LogP contribution is -2.30. The van der Waals surface area contributed by atoms with Gasteiger partial charge in [-0.1, -0.05) is 52.2 Å². The van der Waals surface area contributed by atoms with E-state index in [9.17, 15) is 13.2 Å². The normalized spacial score (nSPS) is 11.5. The number of thiazole rings is 1. The fourth-order valence-electron chi connectivity index (χ4n) is 2.27. The molecule has 0 atom stereocenters. The van der Waals surface area contributed by atoms with E-state index in [0.29, 0.717) is 25.4 Å². The maximum atomic E-state index is 12.3. The van der Waals surface area contributed by atoms with Crippen LogP contribution < -0.4 is 10.9 Å². The summed E-state index contributed by atoms with van der Waals surface area (Å²) in [5.41, 5.74) is 6.61. The summed E-state index contributed by atoms with van der Waals surface area (Å²) in [6, 6.07) is 9.83. The fourth-order valence-corrected chi connectivity index (χ4v) is 4.89. The first-order chi connectivity index (χ1) is 12.8. The molecule has 1 amide bonds. The summed E-state index contributed by atoms with van der Waals surface area (Å²) in [7, 11) is -3.52. The number of aryl methyl sites for hydroxylation is 1.